The molecule has 4 heteroatoms. The van der Waals surface area contributed by atoms with Crippen molar-refractivity contribution in [3.8, 4) is 0 Å². The first-order chi connectivity index (χ1) is 6.60. The lowest BCUT2D eigenvalue weighted by Crippen LogP contribution is -2.48. The van der Waals surface area contributed by atoms with E-state index >= 15 is 0 Å². The van der Waals surface area contributed by atoms with Crippen molar-refractivity contribution in [2.24, 2.45) is 5.92 Å². The summed E-state index contributed by atoms with van der Waals surface area (Å²) in [5, 5.41) is 10.2. The van der Waals surface area contributed by atoms with Crippen molar-refractivity contribution in [2.75, 3.05) is 14.2 Å². The fourth-order valence-corrected chi connectivity index (χ4v) is 1.92. The minimum Gasteiger partial charge on any atom is -0.380 e. The van der Waals surface area contributed by atoms with Crippen LogP contribution in [0.2, 0.25) is 0 Å². The standard InChI is InChI=1S/C10H16O4/c1-4-7-8(11)5-6-10(7,12)9(13-2)14-3/h5-7,9,12H,4H2,1-3H3. The molecule has 0 spiro atoms. The number of carbonyl (C=O) groups is 1. The van der Waals surface area contributed by atoms with E-state index in [2.05, 4.69) is 0 Å². The molecule has 1 N–H and O–H groups in total. The van der Waals surface area contributed by atoms with E-state index in [0.717, 1.165) is 0 Å². The number of hydrogen-bond donors (Lipinski definition) is 1. The molecule has 1 aliphatic carbocycles. The second kappa shape index (κ2) is 4.21. The van der Waals surface area contributed by atoms with Crippen LogP contribution in [0.5, 0.6) is 0 Å². The van der Waals surface area contributed by atoms with Gasteiger partial charge in [-0.05, 0) is 18.6 Å². The highest BCUT2D eigenvalue weighted by Gasteiger charge is 2.48. The highest BCUT2D eigenvalue weighted by Crippen LogP contribution is 2.34. The van der Waals surface area contributed by atoms with Crippen LogP contribution in [0.4, 0.5) is 0 Å². The van der Waals surface area contributed by atoms with Gasteiger partial charge in [0.1, 0.15) is 5.60 Å². The molecule has 80 valence electrons. The number of methoxy groups -OCH3 is 2. The lowest BCUT2D eigenvalue weighted by atomic mass is 9.87. The van der Waals surface area contributed by atoms with Crippen molar-refractivity contribution in [1.82, 2.24) is 0 Å². The molecule has 0 aromatic rings. The van der Waals surface area contributed by atoms with Crippen LogP contribution in [-0.4, -0.2) is 37.0 Å². The average Bonchev–Trinajstić information content (AvgIpc) is 2.45. The molecule has 1 rings (SSSR count). The summed E-state index contributed by atoms with van der Waals surface area (Å²) < 4.78 is 9.98. The maximum atomic E-state index is 11.4. The number of hydrogen-bond acceptors (Lipinski definition) is 4. The lowest BCUT2D eigenvalue weighted by molar-refractivity contribution is -0.210. The summed E-state index contributed by atoms with van der Waals surface area (Å²) in [6, 6.07) is 0. The molecule has 0 bridgehead atoms. The first-order valence-corrected chi connectivity index (χ1v) is 4.61. The van der Waals surface area contributed by atoms with E-state index in [9.17, 15) is 9.90 Å². The minimum absolute atomic E-state index is 0.0749. The Balaban J connectivity index is 2.92. The maximum Gasteiger partial charge on any atom is 0.190 e. The Morgan fingerprint density at radius 2 is 2.14 bits per heavy atom. The van der Waals surface area contributed by atoms with Crippen molar-refractivity contribution >= 4 is 5.78 Å². The Morgan fingerprint density at radius 1 is 1.57 bits per heavy atom. The van der Waals surface area contributed by atoms with E-state index < -0.39 is 17.8 Å². The fourth-order valence-electron chi connectivity index (χ4n) is 1.92. The topological polar surface area (TPSA) is 55.8 Å². The molecule has 0 heterocycles. The van der Waals surface area contributed by atoms with E-state index in [4.69, 9.17) is 9.47 Å². The van der Waals surface area contributed by atoms with Crippen LogP contribution >= 0.6 is 0 Å². The summed E-state index contributed by atoms with van der Waals surface area (Å²) in [6.07, 6.45) is 2.61. The van der Waals surface area contributed by atoms with Gasteiger partial charge in [-0.1, -0.05) is 6.92 Å². The summed E-state index contributed by atoms with van der Waals surface area (Å²) in [5.41, 5.74) is -1.32. The smallest absolute Gasteiger partial charge is 0.190 e. The first-order valence-electron chi connectivity index (χ1n) is 4.61. The van der Waals surface area contributed by atoms with Gasteiger partial charge in [-0.15, -0.1) is 0 Å². The highest BCUT2D eigenvalue weighted by atomic mass is 16.7. The van der Waals surface area contributed by atoms with Crippen LogP contribution in [0.3, 0.4) is 0 Å². The van der Waals surface area contributed by atoms with Gasteiger partial charge in [0.15, 0.2) is 12.1 Å². The molecule has 0 amide bonds. The number of carbonyl (C=O) groups excluding carboxylic acids is 1. The third kappa shape index (κ3) is 1.61. The van der Waals surface area contributed by atoms with E-state index in [1.54, 1.807) is 0 Å². The maximum absolute atomic E-state index is 11.4. The largest absolute Gasteiger partial charge is 0.380 e. The van der Waals surface area contributed by atoms with Crippen LogP contribution in [-0.2, 0) is 14.3 Å². The van der Waals surface area contributed by atoms with Gasteiger partial charge in [0.25, 0.3) is 0 Å². The first kappa shape index (κ1) is 11.4. The van der Waals surface area contributed by atoms with E-state index in [-0.39, 0.29) is 5.78 Å². The predicted octanol–water partition coefficient (Wildman–Crippen LogP) is 0.501. The van der Waals surface area contributed by atoms with E-state index in [1.165, 1.54) is 26.4 Å². The Bertz CT molecular complexity index is 245. The van der Waals surface area contributed by atoms with Crippen molar-refractivity contribution in [1.29, 1.82) is 0 Å². The zero-order valence-electron chi connectivity index (χ0n) is 8.69. The van der Waals surface area contributed by atoms with Gasteiger partial charge >= 0.3 is 0 Å². The Labute approximate surface area is 83.5 Å². The second-order valence-electron chi connectivity index (χ2n) is 3.39. The molecular formula is C10H16O4. The molecular weight excluding hydrogens is 184 g/mol. The minimum atomic E-state index is -1.32. The Kier molecular flexibility index (Phi) is 3.42. The van der Waals surface area contributed by atoms with Gasteiger partial charge in [-0.25, -0.2) is 0 Å². The molecule has 0 saturated heterocycles. The van der Waals surface area contributed by atoms with Gasteiger partial charge < -0.3 is 14.6 Å². The molecule has 2 unspecified atom stereocenters. The molecule has 0 saturated carbocycles. The second-order valence-corrected chi connectivity index (χ2v) is 3.39. The number of rotatable bonds is 4. The fraction of sp³-hybridized carbons (Fsp3) is 0.700. The molecule has 1 aliphatic rings. The lowest BCUT2D eigenvalue weighted by Gasteiger charge is -2.33. The van der Waals surface area contributed by atoms with Crippen LogP contribution < -0.4 is 0 Å². The van der Waals surface area contributed by atoms with Gasteiger partial charge in [0, 0.05) is 14.2 Å². The Morgan fingerprint density at radius 3 is 2.57 bits per heavy atom. The summed E-state index contributed by atoms with van der Waals surface area (Å²) in [5.74, 6) is -0.540. The van der Waals surface area contributed by atoms with Crippen LogP contribution in [0.1, 0.15) is 13.3 Å². The van der Waals surface area contributed by atoms with E-state index in [0.29, 0.717) is 6.42 Å². The summed E-state index contributed by atoms with van der Waals surface area (Å²) >= 11 is 0. The van der Waals surface area contributed by atoms with Crippen LogP contribution in [0.15, 0.2) is 12.2 Å². The normalized spacial score (nSPS) is 31.8. The van der Waals surface area contributed by atoms with Crippen molar-refractivity contribution in [3.63, 3.8) is 0 Å². The van der Waals surface area contributed by atoms with Gasteiger partial charge in [-0.2, -0.15) is 0 Å². The molecule has 0 fully saturated rings. The third-order valence-electron chi connectivity index (χ3n) is 2.63. The summed E-state index contributed by atoms with van der Waals surface area (Å²) in [6.45, 7) is 1.85. The molecule has 0 radical (unpaired) electrons. The summed E-state index contributed by atoms with van der Waals surface area (Å²) in [4.78, 5) is 11.4. The van der Waals surface area contributed by atoms with Crippen molar-refractivity contribution < 1.29 is 19.4 Å². The van der Waals surface area contributed by atoms with Crippen LogP contribution in [0, 0.1) is 5.92 Å². The molecule has 14 heavy (non-hydrogen) atoms. The van der Waals surface area contributed by atoms with Gasteiger partial charge in [0.05, 0.1) is 5.92 Å². The number of ketones is 1. The quantitative estimate of drug-likeness (QED) is 0.671. The molecule has 0 aliphatic heterocycles. The highest BCUT2D eigenvalue weighted by molar-refractivity contribution is 5.96. The molecule has 4 nitrogen and oxygen atoms in total. The zero-order chi connectivity index (χ0) is 10.8. The molecule has 0 aromatic carbocycles. The SMILES string of the molecule is CCC1C(=O)C=CC1(O)C(OC)OC. The van der Waals surface area contributed by atoms with Gasteiger partial charge in [0.2, 0.25) is 0 Å². The van der Waals surface area contributed by atoms with E-state index in [1.807, 2.05) is 6.92 Å². The number of allylic oxidation sites excluding steroid dienone is 1. The molecule has 2 atom stereocenters. The van der Waals surface area contributed by atoms with Crippen LogP contribution in [0.25, 0.3) is 0 Å². The van der Waals surface area contributed by atoms with Crippen molar-refractivity contribution in [3.05, 3.63) is 12.2 Å². The third-order valence-corrected chi connectivity index (χ3v) is 2.63. The number of aliphatic hydroxyl groups is 1. The molecule has 0 aromatic heterocycles. The Hall–Kier alpha value is -0.710. The van der Waals surface area contributed by atoms with Gasteiger partial charge in [-0.3, -0.25) is 4.79 Å². The van der Waals surface area contributed by atoms with Crippen molar-refractivity contribution in [2.45, 2.75) is 25.2 Å². The summed E-state index contributed by atoms with van der Waals surface area (Å²) in [7, 11) is 2.88. The monoisotopic (exact) mass is 200 g/mol. The zero-order valence-corrected chi connectivity index (χ0v) is 8.69. The number of ether oxygens (including phenoxy) is 2. The predicted molar refractivity (Wildman–Crippen MR) is 50.7 cm³/mol. The average molecular weight is 200 g/mol.